The highest BCUT2D eigenvalue weighted by molar-refractivity contribution is 6.05. The number of hydrogen-bond acceptors (Lipinski definition) is 3. The van der Waals surface area contributed by atoms with Crippen LogP contribution in [0.4, 0.5) is 4.39 Å². The zero-order valence-corrected chi connectivity index (χ0v) is 9.52. The lowest BCUT2D eigenvalue weighted by molar-refractivity contribution is -0.125. The van der Waals surface area contributed by atoms with Crippen molar-refractivity contribution in [3.63, 3.8) is 0 Å². The Hall–Kier alpha value is -1.78. The Kier molecular flexibility index (Phi) is 3.17. The Morgan fingerprint density at radius 3 is 2.88 bits per heavy atom. The zero-order valence-electron chi connectivity index (χ0n) is 9.52. The maximum absolute atomic E-state index is 12.6. The van der Waals surface area contributed by atoms with Gasteiger partial charge in [0, 0.05) is 19.2 Å². The van der Waals surface area contributed by atoms with Crippen LogP contribution in [-0.2, 0) is 4.79 Å². The lowest BCUT2D eigenvalue weighted by Crippen LogP contribution is -2.32. The number of halogens is 1. The van der Waals surface area contributed by atoms with Gasteiger partial charge in [-0.15, -0.1) is 0 Å². The molecule has 0 N–H and O–H groups in total. The number of imide groups is 1. The van der Waals surface area contributed by atoms with E-state index in [1.807, 2.05) is 6.92 Å². The molecule has 1 saturated heterocycles. The molecular weight excluding hydrogens is 223 g/mol. The quantitative estimate of drug-likeness (QED) is 0.579. The maximum atomic E-state index is 12.6. The van der Waals surface area contributed by atoms with Crippen LogP contribution < -0.4 is 0 Å². The van der Waals surface area contributed by atoms with E-state index in [1.54, 1.807) is 0 Å². The van der Waals surface area contributed by atoms with Crippen molar-refractivity contribution >= 4 is 11.8 Å². The number of rotatable bonds is 2. The molecule has 1 aliphatic heterocycles. The van der Waals surface area contributed by atoms with Crippen molar-refractivity contribution in [2.24, 2.45) is 5.92 Å². The van der Waals surface area contributed by atoms with Gasteiger partial charge in [0.1, 0.15) is 0 Å². The Balaban J connectivity index is 2.15. The predicted molar refractivity (Wildman–Crippen MR) is 58.6 cm³/mol. The fourth-order valence-corrected chi connectivity index (χ4v) is 1.91. The smallest absolute Gasteiger partial charge is 0.262 e. The molecule has 1 aromatic heterocycles. The molecule has 0 saturated carbocycles. The average Bonchev–Trinajstić information content (AvgIpc) is 2.71. The second-order valence-electron chi connectivity index (χ2n) is 4.16. The zero-order chi connectivity index (χ0) is 12.4. The molecule has 0 bridgehead atoms. The summed E-state index contributed by atoms with van der Waals surface area (Å²) in [6.07, 6.45) is 2.44. The number of likely N-dealkylation sites (tertiary alicyclic amines) is 1. The van der Waals surface area contributed by atoms with E-state index < -0.39 is 11.9 Å². The summed E-state index contributed by atoms with van der Waals surface area (Å²) in [7, 11) is 0. The molecule has 5 heteroatoms. The third-order valence-electron chi connectivity index (χ3n) is 3.00. The number of carbonyl (C=O) groups excluding carboxylic acids is 2. The molecule has 2 rings (SSSR count). The molecule has 1 aliphatic rings. The first kappa shape index (κ1) is 11.7. The van der Waals surface area contributed by atoms with Crippen molar-refractivity contribution in [3.8, 4) is 0 Å². The molecular formula is C12H13FN2O2. The van der Waals surface area contributed by atoms with Crippen LogP contribution >= 0.6 is 0 Å². The Morgan fingerprint density at radius 1 is 1.59 bits per heavy atom. The maximum Gasteiger partial charge on any atom is 0.262 e. The second kappa shape index (κ2) is 4.61. The summed E-state index contributed by atoms with van der Waals surface area (Å²) in [5.41, 5.74) is 0.247. The minimum atomic E-state index is -0.638. The van der Waals surface area contributed by atoms with Gasteiger partial charge in [0.2, 0.25) is 11.9 Å². The summed E-state index contributed by atoms with van der Waals surface area (Å²) in [5.74, 6) is -0.954. The van der Waals surface area contributed by atoms with Crippen molar-refractivity contribution in [1.82, 2.24) is 9.88 Å². The Labute approximate surface area is 98.4 Å². The van der Waals surface area contributed by atoms with E-state index in [1.165, 1.54) is 11.0 Å². The first-order chi connectivity index (χ1) is 8.11. The Bertz CT molecular complexity index is 444. The topological polar surface area (TPSA) is 50.3 Å². The first-order valence-electron chi connectivity index (χ1n) is 5.58. The molecule has 0 radical (unpaired) electrons. The molecule has 4 nitrogen and oxygen atoms in total. The van der Waals surface area contributed by atoms with Crippen molar-refractivity contribution in [1.29, 1.82) is 0 Å². The highest BCUT2D eigenvalue weighted by Gasteiger charge is 2.33. The first-order valence-corrected chi connectivity index (χ1v) is 5.58. The van der Waals surface area contributed by atoms with Gasteiger partial charge in [-0.1, -0.05) is 13.3 Å². The molecule has 0 aliphatic carbocycles. The molecule has 1 atom stereocenters. The number of pyridine rings is 1. The van der Waals surface area contributed by atoms with Crippen molar-refractivity contribution in [3.05, 3.63) is 29.8 Å². The highest BCUT2D eigenvalue weighted by atomic mass is 19.1. The minimum absolute atomic E-state index is 0.161. The normalized spacial score (nSPS) is 19.8. The van der Waals surface area contributed by atoms with Crippen LogP contribution in [0.3, 0.4) is 0 Å². The van der Waals surface area contributed by atoms with Crippen LogP contribution in [0.25, 0.3) is 0 Å². The van der Waals surface area contributed by atoms with E-state index in [-0.39, 0.29) is 17.4 Å². The summed E-state index contributed by atoms with van der Waals surface area (Å²) in [6.45, 7) is 2.44. The average molecular weight is 236 g/mol. The monoisotopic (exact) mass is 236 g/mol. The lowest BCUT2D eigenvalue weighted by Gasteiger charge is -2.14. The van der Waals surface area contributed by atoms with Gasteiger partial charge in [-0.3, -0.25) is 14.5 Å². The summed E-state index contributed by atoms with van der Waals surface area (Å²) in [5, 5.41) is 0. The molecule has 2 heterocycles. The van der Waals surface area contributed by atoms with Crippen molar-refractivity contribution < 1.29 is 14.0 Å². The van der Waals surface area contributed by atoms with Crippen molar-refractivity contribution in [2.45, 2.75) is 19.8 Å². The van der Waals surface area contributed by atoms with E-state index >= 15 is 0 Å². The van der Waals surface area contributed by atoms with Gasteiger partial charge < -0.3 is 0 Å². The lowest BCUT2D eigenvalue weighted by atomic mass is 10.1. The van der Waals surface area contributed by atoms with E-state index in [4.69, 9.17) is 0 Å². The summed E-state index contributed by atoms with van der Waals surface area (Å²) in [6, 6.07) is 2.46. The van der Waals surface area contributed by atoms with Crippen LogP contribution in [0.2, 0.25) is 0 Å². The van der Waals surface area contributed by atoms with Gasteiger partial charge in [-0.05, 0) is 18.1 Å². The molecule has 0 aromatic carbocycles. The third-order valence-corrected chi connectivity index (χ3v) is 3.00. The van der Waals surface area contributed by atoms with Gasteiger partial charge in [-0.25, -0.2) is 4.98 Å². The van der Waals surface area contributed by atoms with Crippen LogP contribution in [0.5, 0.6) is 0 Å². The number of nitrogens with zero attached hydrogens (tertiary/aromatic N) is 2. The van der Waals surface area contributed by atoms with Gasteiger partial charge >= 0.3 is 0 Å². The molecule has 90 valence electrons. The van der Waals surface area contributed by atoms with E-state index in [0.717, 1.165) is 18.7 Å². The van der Waals surface area contributed by atoms with Crippen LogP contribution in [0, 0.1) is 11.9 Å². The summed E-state index contributed by atoms with van der Waals surface area (Å²) < 4.78 is 12.6. The molecule has 17 heavy (non-hydrogen) atoms. The minimum Gasteiger partial charge on any atom is -0.278 e. The summed E-state index contributed by atoms with van der Waals surface area (Å²) >= 11 is 0. The van der Waals surface area contributed by atoms with Crippen LogP contribution in [-0.4, -0.2) is 28.2 Å². The largest absolute Gasteiger partial charge is 0.278 e. The standard InChI is InChI=1S/C12H13FN2O2/c1-2-8-5-11(16)15(7-8)12(17)9-3-4-10(13)14-6-9/h3-4,6,8H,2,5,7H2,1H3. The Morgan fingerprint density at radius 2 is 2.35 bits per heavy atom. The number of aromatic nitrogens is 1. The van der Waals surface area contributed by atoms with E-state index in [2.05, 4.69) is 4.98 Å². The fourth-order valence-electron chi connectivity index (χ4n) is 1.91. The van der Waals surface area contributed by atoms with Crippen LogP contribution in [0.15, 0.2) is 18.3 Å². The van der Waals surface area contributed by atoms with Crippen LogP contribution in [0.1, 0.15) is 30.1 Å². The second-order valence-corrected chi connectivity index (χ2v) is 4.16. The van der Waals surface area contributed by atoms with Gasteiger partial charge in [-0.2, -0.15) is 4.39 Å². The van der Waals surface area contributed by atoms with Crippen molar-refractivity contribution in [2.75, 3.05) is 6.54 Å². The fraction of sp³-hybridized carbons (Fsp3) is 0.417. The molecule has 0 spiro atoms. The number of carbonyl (C=O) groups is 2. The SMILES string of the molecule is CCC1CC(=O)N(C(=O)c2ccc(F)nc2)C1. The molecule has 2 amide bonds. The molecule has 1 aromatic rings. The van der Waals surface area contributed by atoms with E-state index in [9.17, 15) is 14.0 Å². The van der Waals surface area contributed by atoms with Gasteiger partial charge in [0.25, 0.3) is 5.91 Å². The predicted octanol–water partition coefficient (Wildman–Crippen LogP) is 1.62. The number of amides is 2. The molecule has 1 unspecified atom stereocenters. The number of hydrogen-bond donors (Lipinski definition) is 0. The van der Waals surface area contributed by atoms with Gasteiger partial charge in [0.15, 0.2) is 0 Å². The summed E-state index contributed by atoms with van der Waals surface area (Å²) in [4.78, 5) is 28.2. The highest BCUT2D eigenvalue weighted by Crippen LogP contribution is 2.22. The van der Waals surface area contributed by atoms with E-state index in [0.29, 0.717) is 13.0 Å². The van der Waals surface area contributed by atoms with Gasteiger partial charge in [0.05, 0.1) is 5.56 Å². The third kappa shape index (κ3) is 2.33. The molecule has 1 fully saturated rings.